The molecule has 0 aliphatic carbocycles. The third-order valence-electron chi connectivity index (χ3n) is 2.24. The lowest BCUT2D eigenvalue weighted by Crippen LogP contribution is -2.13. The first kappa shape index (κ1) is 9.73. The number of carboxylic acids is 1. The molecule has 15 heavy (non-hydrogen) atoms. The van der Waals surface area contributed by atoms with Crippen LogP contribution in [0.1, 0.15) is 11.7 Å². The lowest BCUT2D eigenvalue weighted by Gasteiger charge is -2.10. The molecule has 1 heterocycles. The molecule has 0 aliphatic heterocycles. The Morgan fingerprint density at radius 1 is 1.47 bits per heavy atom. The summed E-state index contributed by atoms with van der Waals surface area (Å²) in [6, 6.07) is 6.96. The van der Waals surface area contributed by atoms with E-state index in [1.165, 1.54) is 7.11 Å². The Labute approximate surface area is 86.1 Å². The summed E-state index contributed by atoms with van der Waals surface area (Å²) in [5.74, 6) is -1.000. The monoisotopic (exact) mass is 206 g/mol. The SMILES string of the molecule is CO[C@H](C(=O)O)c1ccc2occc2c1. The van der Waals surface area contributed by atoms with Gasteiger partial charge in [-0.1, -0.05) is 6.07 Å². The number of hydrogen-bond donors (Lipinski definition) is 1. The van der Waals surface area contributed by atoms with Crippen molar-refractivity contribution in [3.8, 4) is 0 Å². The van der Waals surface area contributed by atoms with Gasteiger partial charge in [-0.3, -0.25) is 0 Å². The average Bonchev–Trinajstić information content (AvgIpc) is 2.65. The minimum Gasteiger partial charge on any atom is -0.479 e. The van der Waals surface area contributed by atoms with Crippen LogP contribution < -0.4 is 0 Å². The third kappa shape index (κ3) is 1.71. The Kier molecular flexibility index (Phi) is 2.43. The molecule has 0 bridgehead atoms. The number of hydrogen-bond acceptors (Lipinski definition) is 3. The van der Waals surface area contributed by atoms with E-state index < -0.39 is 12.1 Å². The zero-order valence-corrected chi connectivity index (χ0v) is 8.14. The van der Waals surface area contributed by atoms with Crippen LogP contribution in [0, 0.1) is 0 Å². The maximum atomic E-state index is 10.9. The predicted molar refractivity (Wildman–Crippen MR) is 53.6 cm³/mol. The van der Waals surface area contributed by atoms with Crippen LogP contribution in [0.4, 0.5) is 0 Å². The van der Waals surface area contributed by atoms with Crippen LogP contribution in [0.3, 0.4) is 0 Å². The summed E-state index contributed by atoms with van der Waals surface area (Å²) >= 11 is 0. The molecule has 4 nitrogen and oxygen atoms in total. The van der Waals surface area contributed by atoms with Gasteiger partial charge in [-0.05, 0) is 23.8 Å². The highest BCUT2D eigenvalue weighted by Gasteiger charge is 2.19. The summed E-state index contributed by atoms with van der Waals surface area (Å²) in [6.45, 7) is 0. The Morgan fingerprint density at radius 3 is 2.93 bits per heavy atom. The third-order valence-corrected chi connectivity index (χ3v) is 2.24. The minimum absolute atomic E-state index is 0.610. The van der Waals surface area contributed by atoms with E-state index in [1.807, 2.05) is 0 Å². The topological polar surface area (TPSA) is 59.7 Å². The van der Waals surface area contributed by atoms with Gasteiger partial charge in [0.2, 0.25) is 0 Å². The van der Waals surface area contributed by atoms with Gasteiger partial charge in [0.05, 0.1) is 6.26 Å². The zero-order valence-electron chi connectivity index (χ0n) is 8.14. The molecule has 0 saturated heterocycles. The maximum absolute atomic E-state index is 10.9. The van der Waals surface area contributed by atoms with Crippen molar-refractivity contribution in [1.29, 1.82) is 0 Å². The van der Waals surface area contributed by atoms with Crippen molar-refractivity contribution in [3.63, 3.8) is 0 Å². The van der Waals surface area contributed by atoms with Crippen LogP contribution >= 0.6 is 0 Å². The lowest BCUT2D eigenvalue weighted by atomic mass is 10.1. The molecule has 1 N–H and O–H groups in total. The Hall–Kier alpha value is -1.81. The molecule has 78 valence electrons. The number of ether oxygens (including phenoxy) is 1. The van der Waals surface area contributed by atoms with Crippen molar-refractivity contribution in [3.05, 3.63) is 36.1 Å². The van der Waals surface area contributed by atoms with Gasteiger partial charge < -0.3 is 14.3 Å². The molecule has 1 aromatic carbocycles. The predicted octanol–water partition coefficient (Wildman–Crippen LogP) is 2.20. The molecule has 0 aliphatic rings. The Bertz CT molecular complexity index is 486. The van der Waals surface area contributed by atoms with E-state index in [0.29, 0.717) is 5.56 Å². The highest BCUT2D eigenvalue weighted by molar-refractivity contribution is 5.81. The molecule has 2 aromatic rings. The number of fused-ring (bicyclic) bond motifs is 1. The van der Waals surface area contributed by atoms with Crippen LogP contribution in [0.15, 0.2) is 34.9 Å². The second-order valence-corrected chi connectivity index (χ2v) is 3.17. The van der Waals surface area contributed by atoms with E-state index in [0.717, 1.165) is 11.0 Å². The Balaban J connectivity index is 2.46. The quantitative estimate of drug-likeness (QED) is 0.836. The van der Waals surface area contributed by atoms with Crippen molar-refractivity contribution in [2.45, 2.75) is 6.10 Å². The van der Waals surface area contributed by atoms with Gasteiger partial charge in [-0.2, -0.15) is 0 Å². The van der Waals surface area contributed by atoms with E-state index in [2.05, 4.69) is 0 Å². The summed E-state index contributed by atoms with van der Waals surface area (Å²) in [5, 5.41) is 9.77. The van der Waals surface area contributed by atoms with E-state index >= 15 is 0 Å². The van der Waals surface area contributed by atoms with Gasteiger partial charge >= 0.3 is 5.97 Å². The highest BCUT2D eigenvalue weighted by atomic mass is 16.5. The first-order valence-corrected chi connectivity index (χ1v) is 4.45. The van der Waals surface area contributed by atoms with Crippen molar-refractivity contribution in [1.82, 2.24) is 0 Å². The van der Waals surface area contributed by atoms with E-state index in [9.17, 15) is 4.79 Å². The average molecular weight is 206 g/mol. The van der Waals surface area contributed by atoms with Crippen molar-refractivity contribution in [2.24, 2.45) is 0 Å². The molecule has 0 radical (unpaired) electrons. The summed E-state index contributed by atoms with van der Waals surface area (Å²) in [4.78, 5) is 10.9. The van der Waals surface area contributed by atoms with E-state index in [-0.39, 0.29) is 0 Å². The lowest BCUT2D eigenvalue weighted by molar-refractivity contribution is -0.148. The molecular weight excluding hydrogens is 196 g/mol. The molecule has 1 aromatic heterocycles. The molecule has 0 spiro atoms. The number of benzene rings is 1. The molecular formula is C11H10O4. The van der Waals surface area contributed by atoms with Crippen molar-refractivity contribution >= 4 is 16.9 Å². The van der Waals surface area contributed by atoms with Crippen molar-refractivity contribution < 1.29 is 19.1 Å². The summed E-state index contributed by atoms with van der Waals surface area (Å²) in [7, 11) is 1.37. The molecule has 1 atom stereocenters. The van der Waals surface area contributed by atoms with Gasteiger partial charge in [-0.25, -0.2) is 4.79 Å². The zero-order chi connectivity index (χ0) is 10.8. The molecule has 2 rings (SSSR count). The fourth-order valence-corrected chi connectivity index (χ4v) is 1.53. The molecule has 0 saturated carbocycles. The van der Waals surface area contributed by atoms with Gasteiger partial charge in [0.1, 0.15) is 5.58 Å². The molecule has 4 heteroatoms. The number of furan rings is 1. The van der Waals surface area contributed by atoms with Gasteiger partial charge in [0, 0.05) is 12.5 Å². The smallest absolute Gasteiger partial charge is 0.337 e. The van der Waals surface area contributed by atoms with Crippen LogP contribution in [0.25, 0.3) is 11.0 Å². The molecule has 0 amide bonds. The van der Waals surface area contributed by atoms with Crippen LogP contribution in [0.5, 0.6) is 0 Å². The normalized spacial score (nSPS) is 12.9. The number of aliphatic carboxylic acids is 1. The Morgan fingerprint density at radius 2 is 2.27 bits per heavy atom. The second kappa shape index (κ2) is 3.74. The fraction of sp³-hybridized carbons (Fsp3) is 0.182. The first-order valence-electron chi connectivity index (χ1n) is 4.45. The maximum Gasteiger partial charge on any atom is 0.337 e. The van der Waals surface area contributed by atoms with Crippen LogP contribution in [0.2, 0.25) is 0 Å². The van der Waals surface area contributed by atoms with E-state index in [1.54, 1.807) is 30.5 Å². The standard InChI is InChI=1S/C11H10O4/c1-14-10(11(12)13)8-2-3-9-7(6-8)4-5-15-9/h2-6,10H,1H3,(H,12,13)/t10-/m0/s1. The largest absolute Gasteiger partial charge is 0.479 e. The number of methoxy groups -OCH3 is 1. The van der Waals surface area contributed by atoms with E-state index in [4.69, 9.17) is 14.3 Å². The fourth-order valence-electron chi connectivity index (χ4n) is 1.53. The molecule has 0 fully saturated rings. The number of carboxylic acid groups (broad SMARTS) is 1. The second-order valence-electron chi connectivity index (χ2n) is 3.17. The summed E-state index contributed by atoms with van der Waals surface area (Å²) in [6.07, 6.45) is 0.640. The van der Waals surface area contributed by atoms with Gasteiger partial charge in [0.15, 0.2) is 6.10 Å². The summed E-state index contributed by atoms with van der Waals surface area (Å²) in [5.41, 5.74) is 1.35. The number of carbonyl (C=O) groups is 1. The molecule has 0 unspecified atom stereocenters. The van der Waals surface area contributed by atoms with Crippen LogP contribution in [-0.4, -0.2) is 18.2 Å². The first-order chi connectivity index (χ1) is 7.22. The van der Waals surface area contributed by atoms with Crippen LogP contribution in [-0.2, 0) is 9.53 Å². The summed E-state index contributed by atoms with van der Waals surface area (Å²) < 4.78 is 10.1. The minimum atomic E-state index is -1.000. The number of rotatable bonds is 3. The van der Waals surface area contributed by atoms with Gasteiger partial charge in [0.25, 0.3) is 0 Å². The van der Waals surface area contributed by atoms with Crippen molar-refractivity contribution in [2.75, 3.05) is 7.11 Å². The van der Waals surface area contributed by atoms with Gasteiger partial charge in [-0.15, -0.1) is 0 Å². The highest BCUT2D eigenvalue weighted by Crippen LogP contribution is 2.23.